The van der Waals surface area contributed by atoms with E-state index in [4.69, 9.17) is 69.6 Å². The molecule has 0 bridgehead atoms. The van der Waals surface area contributed by atoms with Gasteiger partial charge in [0.2, 0.25) is 0 Å². The van der Waals surface area contributed by atoms with Gasteiger partial charge in [-0.1, -0.05) is 0 Å². The first-order chi connectivity index (χ1) is 7.73. The first kappa shape index (κ1) is 18.4. The molecular formula is C10H13Cl6F. The minimum Gasteiger partial charge on any atom is -0.216 e. The summed E-state index contributed by atoms with van der Waals surface area (Å²) in [6.45, 7) is 3.42. The van der Waals surface area contributed by atoms with E-state index < -0.39 is 32.3 Å². The Bertz CT molecular complexity index is 197. The SMILES string of the molecule is CC(C)=CF.ClC1C(Cl)C(Cl)C(Cl)C(Cl)C1Cl. The molecule has 0 radical (unpaired) electrons. The first-order valence-corrected chi connectivity index (χ1v) is 7.43. The van der Waals surface area contributed by atoms with Gasteiger partial charge in [-0.3, -0.25) is 0 Å². The summed E-state index contributed by atoms with van der Waals surface area (Å²) in [5.74, 6) is 0. The third kappa shape index (κ3) is 5.50. The lowest BCUT2D eigenvalue weighted by molar-refractivity contribution is 0.544. The van der Waals surface area contributed by atoms with Crippen LogP contribution in [0.1, 0.15) is 13.8 Å². The van der Waals surface area contributed by atoms with Crippen molar-refractivity contribution in [1.29, 1.82) is 0 Å². The molecule has 1 aliphatic carbocycles. The second kappa shape index (κ2) is 8.55. The number of allylic oxidation sites excluding steroid dienone is 1. The molecule has 1 aliphatic rings. The van der Waals surface area contributed by atoms with E-state index in [9.17, 15) is 4.39 Å². The fourth-order valence-electron chi connectivity index (χ4n) is 1.05. The van der Waals surface area contributed by atoms with E-state index in [1.165, 1.54) is 0 Å². The molecule has 0 aromatic carbocycles. The van der Waals surface area contributed by atoms with Gasteiger partial charge in [0.15, 0.2) is 0 Å². The molecule has 102 valence electrons. The van der Waals surface area contributed by atoms with Crippen LogP contribution in [-0.4, -0.2) is 32.3 Å². The van der Waals surface area contributed by atoms with Gasteiger partial charge in [-0.25, -0.2) is 4.39 Å². The molecular weight excluding hydrogens is 352 g/mol. The maximum absolute atomic E-state index is 11.0. The molecule has 1 saturated carbocycles. The summed E-state index contributed by atoms with van der Waals surface area (Å²) in [7, 11) is 0. The van der Waals surface area contributed by atoms with Crippen molar-refractivity contribution < 1.29 is 4.39 Å². The van der Waals surface area contributed by atoms with Crippen molar-refractivity contribution in [2.45, 2.75) is 46.1 Å². The highest BCUT2D eigenvalue weighted by Gasteiger charge is 2.46. The van der Waals surface area contributed by atoms with Crippen LogP contribution in [0.25, 0.3) is 0 Å². The summed E-state index contributed by atoms with van der Waals surface area (Å²) in [6.07, 6.45) is 0.583. The third-order valence-electron chi connectivity index (χ3n) is 2.04. The Kier molecular flexibility index (Phi) is 9.26. The van der Waals surface area contributed by atoms with Crippen LogP contribution in [0.2, 0.25) is 0 Å². The van der Waals surface area contributed by atoms with E-state index in [0.717, 1.165) is 0 Å². The van der Waals surface area contributed by atoms with E-state index in [2.05, 4.69) is 0 Å². The number of halogens is 7. The molecule has 0 saturated heterocycles. The van der Waals surface area contributed by atoms with Crippen LogP contribution in [0.5, 0.6) is 0 Å². The average molecular weight is 365 g/mol. The molecule has 0 amide bonds. The van der Waals surface area contributed by atoms with Crippen LogP contribution in [0.4, 0.5) is 4.39 Å². The Balaban J connectivity index is 0.000000437. The van der Waals surface area contributed by atoms with Crippen LogP contribution in [0, 0.1) is 0 Å². The molecule has 7 heteroatoms. The van der Waals surface area contributed by atoms with Crippen LogP contribution in [0.15, 0.2) is 11.9 Å². The molecule has 0 spiro atoms. The van der Waals surface area contributed by atoms with Crippen molar-refractivity contribution >= 4 is 69.6 Å². The molecule has 17 heavy (non-hydrogen) atoms. The Morgan fingerprint density at radius 3 is 0.882 bits per heavy atom. The highest BCUT2D eigenvalue weighted by molar-refractivity contribution is 6.45. The van der Waals surface area contributed by atoms with Gasteiger partial charge in [0.1, 0.15) is 0 Å². The first-order valence-electron chi connectivity index (χ1n) is 4.82. The number of alkyl halides is 6. The third-order valence-corrected chi connectivity index (χ3v) is 6.07. The zero-order chi connectivity index (χ0) is 13.7. The predicted octanol–water partition coefficient (Wildman–Crippen LogP) is 5.52. The zero-order valence-electron chi connectivity index (χ0n) is 9.19. The Morgan fingerprint density at radius 1 is 0.706 bits per heavy atom. The number of hydrogen-bond acceptors (Lipinski definition) is 0. The van der Waals surface area contributed by atoms with Crippen molar-refractivity contribution in [3.8, 4) is 0 Å². The molecule has 0 aliphatic heterocycles. The smallest absolute Gasteiger partial charge is 0.0853 e. The normalized spacial score (nSPS) is 41.2. The van der Waals surface area contributed by atoms with Crippen molar-refractivity contribution in [2.24, 2.45) is 0 Å². The van der Waals surface area contributed by atoms with Crippen molar-refractivity contribution in [1.82, 2.24) is 0 Å². The number of hydrogen-bond donors (Lipinski definition) is 0. The maximum Gasteiger partial charge on any atom is 0.0853 e. The molecule has 0 N–H and O–H groups in total. The van der Waals surface area contributed by atoms with Gasteiger partial charge < -0.3 is 0 Å². The van der Waals surface area contributed by atoms with E-state index in [0.29, 0.717) is 11.9 Å². The van der Waals surface area contributed by atoms with Crippen molar-refractivity contribution in [3.05, 3.63) is 11.9 Å². The number of rotatable bonds is 0. The van der Waals surface area contributed by atoms with Gasteiger partial charge in [0, 0.05) is 0 Å². The Labute approximate surface area is 131 Å². The zero-order valence-corrected chi connectivity index (χ0v) is 13.7. The minimum absolute atomic E-state index is 0.437. The van der Waals surface area contributed by atoms with Crippen LogP contribution in [-0.2, 0) is 0 Å². The van der Waals surface area contributed by atoms with E-state index in [1.807, 2.05) is 0 Å². The van der Waals surface area contributed by atoms with Crippen LogP contribution < -0.4 is 0 Å². The lowest BCUT2D eigenvalue weighted by Crippen LogP contribution is -2.52. The van der Waals surface area contributed by atoms with Gasteiger partial charge in [-0.15, -0.1) is 69.6 Å². The van der Waals surface area contributed by atoms with Crippen LogP contribution in [0.3, 0.4) is 0 Å². The van der Waals surface area contributed by atoms with E-state index in [-0.39, 0.29) is 0 Å². The lowest BCUT2D eigenvalue weighted by atomic mass is 9.97. The second-order valence-corrected chi connectivity index (χ2v) is 6.88. The summed E-state index contributed by atoms with van der Waals surface area (Å²) in [6, 6.07) is 0. The largest absolute Gasteiger partial charge is 0.216 e. The molecule has 0 heterocycles. The highest BCUT2D eigenvalue weighted by atomic mass is 35.5. The highest BCUT2D eigenvalue weighted by Crippen LogP contribution is 2.39. The molecule has 1 rings (SSSR count). The molecule has 0 aromatic heterocycles. The molecule has 0 atom stereocenters. The Morgan fingerprint density at radius 2 is 0.824 bits per heavy atom. The Hall–Kier alpha value is 1.41. The second-order valence-electron chi connectivity index (χ2n) is 3.85. The fourth-order valence-corrected chi connectivity index (χ4v) is 3.38. The maximum atomic E-state index is 11.0. The lowest BCUT2D eigenvalue weighted by Gasteiger charge is -2.37. The average Bonchev–Trinajstić information content (AvgIpc) is 2.32. The monoisotopic (exact) mass is 362 g/mol. The summed E-state index contributed by atoms with van der Waals surface area (Å²) in [4.78, 5) is 0. The van der Waals surface area contributed by atoms with Gasteiger partial charge in [-0.05, 0) is 19.4 Å². The standard InChI is InChI=1S/C6H6Cl6.C4H7F/c7-1-2(8)4(10)6(12)5(11)3(1)9;1-4(2)3-5/h1-6H;3H,1-2H3. The van der Waals surface area contributed by atoms with Gasteiger partial charge in [0.25, 0.3) is 0 Å². The van der Waals surface area contributed by atoms with Gasteiger partial charge in [0.05, 0.1) is 38.6 Å². The van der Waals surface area contributed by atoms with Crippen molar-refractivity contribution in [3.63, 3.8) is 0 Å². The molecule has 1 fully saturated rings. The van der Waals surface area contributed by atoms with E-state index in [1.54, 1.807) is 13.8 Å². The minimum atomic E-state index is -0.437. The topological polar surface area (TPSA) is 0 Å². The van der Waals surface area contributed by atoms with Crippen molar-refractivity contribution in [2.75, 3.05) is 0 Å². The van der Waals surface area contributed by atoms with Crippen LogP contribution >= 0.6 is 69.6 Å². The van der Waals surface area contributed by atoms with Gasteiger partial charge >= 0.3 is 0 Å². The summed E-state index contributed by atoms with van der Waals surface area (Å²) < 4.78 is 11.0. The molecule has 0 aromatic rings. The molecule has 0 nitrogen and oxygen atoms in total. The summed E-state index contributed by atoms with van der Waals surface area (Å²) in [5.41, 5.74) is 0.713. The molecule has 0 unspecified atom stereocenters. The van der Waals surface area contributed by atoms with Gasteiger partial charge in [-0.2, -0.15) is 0 Å². The quantitative estimate of drug-likeness (QED) is 0.496. The fraction of sp³-hybridized carbons (Fsp3) is 0.800. The summed E-state index contributed by atoms with van der Waals surface area (Å²) >= 11 is 35.3. The predicted molar refractivity (Wildman–Crippen MR) is 78.4 cm³/mol. The van der Waals surface area contributed by atoms with E-state index >= 15 is 0 Å². The summed E-state index contributed by atoms with van der Waals surface area (Å²) in [5, 5.41) is -2.62.